The monoisotopic (exact) mass is 108 g/mol. The van der Waals surface area contributed by atoms with E-state index in [9.17, 15) is 4.39 Å². The molecule has 0 heterocycles. The second kappa shape index (κ2) is 5.85. The third-order valence-electron chi connectivity index (χ3n) is 0.509. The third-order valence-corrected chi connectivity index (χ3v) is 0.509. The van der Waals surface area contributed by atoms with Gasteiger partial charge in [-0.05, 0) is 0 Å². The molecule has 0 aliphatic rings. The standard InChI is InChI=1S/C4H9FO2/c1-6-2-3-7-4-5/h2-4H2,1H3. The van der Waals surface area contributed by atoms with Crippen molar-refractivity contribution >= 4 is 0 Å². The van der Waals surface area contributed by atoms with Crippen LogP contribution in [0.15, 0.2) is 0 Å². The van der Waals surface area contributed by atoms with Crippen molar-refractivity contribution in [1.29, 1.82) is 0 Å². The zero-order valence-electron chi connectivity index (χ0n) is 4.32. The Hall–Kier alpha value is -0.150. The zero-order valence-corrected chi connectivity index (χ0v) is 4.32. The fraction of sp³-hybridized carbons (Fsp3) is 1.00. The lowest BCUT2D eigenvalue weighted by Gasteiger charge is -1.94. The van der Waals surface area contributed by atoms with E-state index >= 15 is 0 Å². The maximum Gasteiger partial charge on any atom is 0.188 e. The van der Waals surface area contributed by atoms with E-state index in [0.717, 1.165) is 0 Å². The Kier molecular flexibility index (Phi) is 5.72. The van der Waals surface area contributed by atoms with Crippen LogP contribution < -0.4 is 0 Å². The Morgan fingerprint density at radius 2 is 2.14 bits per heavy atom. The SMILES string of the molecule is COCCOCF. The van der Waals surface area contributed by atoms with Crippen LogP contribution in [-0.2, 0) is 9.47 Å². The molecule has 0 aromatic heterocycles. The van der Waals surface area contributed by atoms with Crippen LogP contribution in [0, 0.1) is 0 Å². The van der Waals surface area contributed by atoms with Crippen molar-refractivity contribution in [3.05, 3.63) is 0 Å². The average molecular weight is 108 g/mol. The van der Waals surface area contributed by atoms with E-state index in [1.54, 1.807) is 7.11 Å². The first-order valence-corrected chi connectivity index (χ1v) is 2.04. The maximum atomic E-state index is 11.0. The predicted molar refractivity (Wildman–Crippen MR) is 23.8 cm³/mol. The lowest BCUT2D eigenvalue weighted by atomic mass is 10.8. The largest absolute Gasteiger partial charge is 0.382 e. The summed E-state index contributed by atoms with van der Waals surface area (Å²) in [4.78, 5) is 0. The van der Waals surface area contributed by atoms with Gasteiger partial charge in [-0.25, -0.2) is 4.39 Å². The van der Waals surface area contributed by atoms with Crippen LogP contribution in [0.3, 0.4) is 0 Å². The number of alkyl halides is 1. The molecule has 44 valence electrons. The molecule has 3 heteroatoms. The maximum absolute atomic E-state index is 11.0. The molecule has 0 radical (unpaired) electrons. The molecule has 0 aromatic carbocycles. The lowest BCUT2D eigenvalue weighted by molar-refractivity contribution is 0.0228. The lowest BCUT2D eigenvalue weighted by Crippen LogP contribution is -1.99. The first kappa shape index (κ1) is 6.85. The van der Waals surface area contributed by atoms with Crippen LogP contribution in [0.4, 0.5) is 4.39 Å². The Balaban J connectivity index is 2.45. The van der Waals surface area contributed by atoms with E-state index in [0.29, 0.717) is 13.2 Å². The van der Waals surface area contributed by atoms with Crippen molar-refractivity contribution in [2.45, 2.75) is 0 Å². The van der Waals surface area contributed by atoms with Crippen LogP contribution in [0.1, 0.15) is 0 Å². The van der Waals surface area contributed by atoms with Crippen LogP contribution in [0.5, 0.6) is 0 Å². The van der Waals surface area contributed by atoms with Crippen LogP contribution in [0.2, 0.25) is 0 Å². The summed E-state index contributed by atoms with van der Waals surface area (Å²) >= 11 is 0. The van der Waals surface area contributed by atoms with E-state index in [1.807, 2.05) is 0 Å². The highest BCUT2D eigenvalue weighted by atomic mass is 19.1. The van der Waals surface area contributed by atoms with Crippen molar-refractivity contribution in [2.24, 2.45) is 0 Å². The molecular weight excluding hydrogens is 99.0 g/mol. The number of rotatable bonds is 4. The van der Waals surface area contributed by atoms with Gasteiger partial charge in [-0.2, -0.15) is 0 Å². The minimum atomic E-state index is -0.719. The Morgan fingerprint density at radius 3 is 2.57 bits per heavy atom. The highest BCUT2D eigenvalue weighted by Gasteiger charge is 1.80. The van der Waals surface area contributed by atoms with E-state index in [4.69, 9.17) is 0 Å². The number of halogens is 1. The Morgan fingerprint density at radius 1 is 1.43 bits per heavy atom. The molecule has 0 N–H and O–H groups in total. The minimum absolute atomic E-state index is 0.340. The fourth-order valence-electron chi connectivity index (χ4n) is 0.197. The first-order chi connectivity index (χ1) is 3.41. The molecule has 0 saturated heterocycles. The molecule has 2 nitrogen and oxygen atoms in total. The molecule has 0 rings (SSSR count). The molecule has 0 spiro atoms. The van der Waals surface area contributed by atoms with Gasteiger partial charge in [0.25, 0.3) is 0 Å². The zero-order chi connectivity index (χ0) is 5.54. The number of hydrogen-bond donors (Lipinski definition) is 0. The van der Waals surface area contributed by atoms with Gasteiger partial charge in [-0.3, -0.25) is 0 Å². The normalized spacial score (nSPS) is 9.43. The van der Waals surface area contributed by atoms with Gasteiger partial charge in [0.05, 0.1) is 13.2 Å². The van der Waals surface area contributed by atoms with Gasteiger partial charge in [0.2, 0.25) is 0 Å². The summed E-state index contributed by atoms with van der Waals surface area (Å²) in [6.45, 7) is 0.0836. The highest BCUT2D eigenvalue weighted by Crippen LogP contribution is 1.73. The second-order valence-electron chi connectivity index (χ2n) is 1.01. The van der Waals surface area contributed by atoms with Gasteiger partial charge in [0.1, 0.15) is 0 Å². The summed E-state index contributed by atoms with van der Waals surface area (Å²) in [6, 6.07) is 0. The van der Waals surface area contributed by atoms with Crippen LogP contribution in [0.25, 0.3) is 0 Å². The Bertz CT molecular complexity index is 28.9. The minimum Gasteiger partial charge on any atom is -0.382 e. The summed E-state index contributed by atoms with van der Waals surface area (Å²) in [7, 11) is 1.54. The predicted octanol–water partition coefficient (Wildman–Crippen LogP) is 0.576. The third kappa shape index (κ3) is 5.85. The second-order valence-corrected chi connectivity index (χ2v) is 1.01. The molecular formula is C4H9FO2. The molecule has 0 fully saturated rings. The van der Waals surface area contributed by atoms with Gasteiger partial charge in [0, 0.05) is 7.11 Å². The van der Waals surface area contributed by atoms with Crippen molar-refractivity contribution in [3.63, 3.8) is 0 Å². The summed E-state index contributed by atoms with van der Waals surface area (Å²) in [5.41, 5.74) is 0. The summed E-state index contributed by atoms with van der Waals surface area (Å²) in [5, 5.41) is 0. The number of ether oxygens (including phenoxy) is 2. The smallest absolute Gasteiger partial charge is 0.188 e. The molecule has 0 aliphatic heterocycles. The van der Waals surface area contributed by atoms with Crippen molar-refractivity contribution < 1.29 is 13.9 Å². The topological polar surface area (TPSA) is 18.5 Å². The van der Waals surface area contributed by atoms with E-state index in [1.165, 1.54) is 0 Å². The highest BCUT2D eigenvalue weighted by molar-refractivity contribution is 4.19. The molecule has 0 bridgehead atoms. The van der Waals surface area contributed by atoms with Crippen molar-refractivity contribution in [1.82, 2.24) is 0 Å². The molecule has 0 aromatic rings. The van der Waals surface area contributed by atoms with Gasteiger partial charge in [-0.15, -0.1) is 0 Å². The molecule has 0 aliphatic carbocycles. The number of methoxy groups -OCH3 is 1. The molecule has 0 atom stereocenters. The van der Waals surface area contributed by atoms with Gasteiger partial charge >= 0.3 is 0 Å². The first-order valence-electron chi connectivity index (χ1n) is 2.04. The van der Waals surface area contributed by atoms with Crippen molar-refractivity contribution in [3.8, 4) is 0 Å². The Labute approximate surface area is 42.2 Å². The van der Waals surface area contributed by atoms with Crippen molar-refractivity contribution in [2.75, 3.05) is 27.2 Å². The summed E-state index contributed by atoms with van der Waals surface area (Å²) in [6.07, 6.45) is 0. The molecule has 7 heavy (non-hydrogen) atoms. The quantitative estimate of drug-likeness (QED) is 0.490. The van der Waals surface area contributed by atoms with E-state index in [-0.39, 0.29) is 0 Å². The average Bonchev–Trinajstić information content (AvgIpc) is 1.69. The summed E-state index contributed by atoms with van der Waals surface area (Å²) in [5.74, 6) is 0. The summed E-state index contributed by atoms with van der Waals surface area (Å²) < 4.78 is 19.9. The van der Waals surface area contributed by atoms with Gasteiger partial charge in [-0.1, -0.05) is 0 Å². The van der Waals surface area contributed by atoms with Gasteiger partial charge < -0.3 is 9.47 Å². The van der Waals surface area contributed by atoms with Crippen LogP contribution >= 0.6 is 0 Å². The molecule has 0 saturated carbocycles. The molecule has 0 amide bonds. The molecule has 0 unspecified atom stereocenters. The van der Waals surface area contributed by atoms with E-state index in [2.05, 4.69) is 9.47 Å². The number of hydrogen-bond acceptors (Lipinski definition) is 2. The fourth-order valence-corrected chi connectivity index (χ4v) is 0.197. The van der Waals surface area contributed by atoms with E-state index < -0.39 is 6.86 Å². The van der Waals surface area contributed by atoms with Gasteiger partial charge in [0.15, 0.2) is 6.86 Å². The van der Waals surface area contributed by atoms with Crippen LogP contribution in [-0.4, -0.2) is 27.2 Å².